The molecule has 0 heterocycles. The average Bonchev–Trinajstić information content (AvgIpc) is 2.11. The van der Waals surface area contributed by atoms with E-state index in [1.807, 2.05) is 0 Å². The molecule has 0 saturated carbocycles. The van der Waals surface area contributed by atoms with Crippen molar-refractivity contribution in [3.8, 4) is 0 Å². The summed E-state index contributed by atoms with van der Waals surface area (Å²) in [5.74, 6) is 1.41. The van der Waals surface area contributed by atoms with Crippen molar-refractivity contribution in [1.29, 1.82) is 0 Å². The van der Waals surface area contributed by atoms with Crippen molar-refractivity contribution in [2.75, 3.05) is 0 Å². The molecular weight excluding hydrogens is 160 g/mol. The van der Waals surface area contributed by atoms with Crippen molar-refractivity contribution in [3.05, 3.63) is 0 Å². The van der Waals surface area contributed by atoms with Gasteiger partial charge in [0.15, 0.2) is 0 Å². The smallest absolute Gasteiger partial charge is 0.132 e. The average molecular weight is 184 g/mol. The highest BCUT2D eigenvalue weighted by molar-refractivity contribution is 5.78. The predicted molar refractivity (Wildman–Crippen MR) is 57.8 cm³/mol. The van der Waals surface area contributed by atoms with E-state index in [4.69, 9.17) is 0 Å². The summed E-state index contributed by atoms with van der Waals surface area (Å²) in [6, 6.07) is 0. The molecular formula is C12H24O. The molecule has 0 aliphatic carbocycles. The molecule has 0 aliphatic heterocycles. The number of hydrogen-bond acceptors (Lipinski definition) is 1. The Morgan fingerprint density at radius 3 is 2.31 bits per heavy atom. The van der Waals surface area contributed by atoms with Crippen molar-refractivity contribution >= 4 is 5.78 Å². The maximum Gasteiger partial charge on any atom is 0.132 e. The van der Waals surface area contributed by atoms with Crippen LogP contribution in [-0.4, -0.2) is 5.78 Å². The summed E-state index contributed by atoms with van der Waals surface area (Å²) in [7, 11) is 0. The molecule has 1 nitrogen and oxygen atoms in total. The van der Waals surface area contributed by atoms with Crippen LogP contribution in [0.15, 0.2) is 0 Å². The Balaban J connectivity index is 3.87. The van der Waals surface area contributed by atoms with E-state index in [1.165, 1.54) is 19.3 Å². The topological polar surface area (TPSA) is 17.1 Å². The Hall–Kier alpha value is -0.330. The number of Topliss-reactive ketones (excluding diaryl/α,β-unsaturated/α-hetero) is 1. The van der Waals surface area contributed by atoms with Crippen molar-refractivity contribution in [3.63, 3.8) is 0 Å². The van der Waals surface area contributed by atoms with Gasteiger partial charge in [-0.1, -0.05) is 40.0 Å². The second-order valence-electron chi connectivity index (χ2n) is 4.20. The van der Waals surface area contributed by atoms with Gasteiger partial charge in [-0.2, -0.15) is 0 Å². The number of carbonyl (C=O) groups excluding carboxylic acids is 1. The Morgan fingerprint density at radius 1 is 1.31 bits per heavy atom. The van der Waals surface area contributed by atoms with E-state index in [-0.39, 0.29) is 0 Å². The first kappa shape index (κ1) is 12.7. The summed E-state index contributed by atoms with van der Waals surface area (Å²) in [4.78, 5) is 11.3. The molecule has 0 spiro atoms. The molecule has 0 fully saturated rings. The Bertz CT molecular complexity index is 140. The van der Waals surface area contributed by atoms with Crippen molar-refractivity contribution in [2.24, 2.45) is 11.8 Å². The molecule has 78 valence electrons. The van der Waals surface area contributed by atoms with Gasteiger partial charge in [0.1, 0.15) is 5.78 Å². The SMILES string of the molecule is CCCCC(CC(C)CC)C(C)=O. The van der Waals surface area contributed by atoms with Gasteiger partial charge in [-0.05, 0) is 25.7 Å². The van der Waals surface area contributed by atoms with E-state index < -0.39 is 0 Å². The lowest BCUT2D eigenvalue weighted by molar-refractivity contribution is -0.121. The third-order valence-corrected chi connectivity index (χ3v) is 2.86. The summed E-state index contributed by atoms with van der Waals surface area (Å²) in [5, 5.41) is 0. The van der Waals surface area contributed by atoms with E-state index in [2.05, 4.69) is 20.8 Å². The van der Waals surface area contributed by atoms with Crippen LogP contribution in [0.4, 0.5) is 0 Å². The molecule has 2 unspecified atom stereocenters. The van der Waals surface area contributed by atoms with Crippen molar-refractivity contribution in [2.45, 2.75) is 59.8 Å². The van der Waals surface area contributed by atoms with Crippen molar-refractivity contribution in [1.82, 2.24) is 0 Å². The lowest BCUT2D eigenvalue weighted by atomic mass is 9.88. The van der Waals surface area contributed by atoms with Crippen LogP contribution in [0.1, 0.15) is 59.8 Å². The minimum absolute atomic E-state index is 0.329. The molecule has 0 N–H and O–H groups in total. The molecule has 0 aromatic rings. The Labute approximate surface area is 82.9 Å². The normalized spacial score (nSPS) is 15.4. The molecule has 1 heteroatoms. The first-order chi connectivity index (χ1) is 6.11. The zero-order chi connectivity index (χ0) is 10.3. The quantitative estimate of drug-likeness (QED) is 0.588. The Kier molecular flexibility index (Phi) is 6.93. The number of ketones is 1. The lowest BCUT2D eigenvalue weighted by Crippen LogP contribution is -2.14. The molecule has 0 bridgehead atoms. The number of carbonyl (C=O) groups is 1. The standard InChI is InChI=1S/C12H24O/c1-5-7-8-12(11(4)13)9-10(3)6-2/h10,12H,5-9H2,1-4H3. The van der Waals surface area contributed by atoms with Gasteiger partial charge in [0.2, 0.25) is 0 Å². The van der Waals surface area contributed by atoms with Gasteiger partial charge in [-0.3, -0.25) is 4.79 Å². The van der Waals surface area contributed by atoms with Gasteiger partial charge in [-0.25, -0.2) is 0 Å². The second-order valence-corrected chi connectivity index (χ2v) is 4.20. The van der Waals surface area contributed by atoms with Crippen LogP contribution in [0.3, 0.4) is 0 Å². The summed E-state index contributed by atoms with van der Waals surface area (Å²) in [6.07, 6.45) is 5.77. The summed E-state index contributed by atoms with van der Waals surface area (Å²) >= 11 is 0. The largest absolute Gasteiger partial charge is 0.300 e. The van der Waals surface area contributed by atoms with Crippen LogP contribution in [-0.2, 0) is 4.79 Å². The maximum atomic E-state index is 11.3. The van der Waals surface area contributed by atoms with E-state index in [1.54, 1.807) is 6.92 Å². The highest BCUT2D eigenvalue weighted by atomic mass is 16.1. The minimum atomic E-state index is 0.329. The van der Waals surface area contributed by atoms with Crippen LogP contribution < -0.4 is 0 Å². The van der Waals surface area contributed by atoms with Gasteiger partial charge < -0.3 is 0 Å². The molecule has 13 heavy (non-hydrogen) atoms. The summed E-state index contributed by atoms with van der Waals surface area (Å²) < 4.78 is 0. The van der Waals surface area contributed by atoms with Gasteiger partial charge >= 0.3 is 0 Å². The van der Waals surface area contributed by atoms with E-state index >= 15 is 0 Å². The fraction of sp³-hybridized carbons (Fsp3) is 0.917. The van der Waals surface area contributed by atoms with E-state index in [0.29, 0.717) is 17.6 Å². The first-order valence-electron chi connectivity index (χ1n) is 5.62. The molecule has 0 aromatic heterocycles. The fourth-order valence-electron chi connectivity index (χ4n) is 1.59. The second kappa shape index (κ2) is 7.11. The van der Waals surface area contributed by atoms with E-state index in [0.717, 1.165) is 12.8 Å². The highest BCUT2D eigenvalue weighted by Gasteiger charge is 2.15. The van der Waals surface area contributed by atoms with Crippen LogP contribution in [0.25, 0.3) is 0 Å². The highest BCUT2D eigenvalue weighted by Crippen LogP contribution is 2.20. The monoisotopic (exact) mass is 184 g/mol. The van der Waals surface area contributed by atoms with Crippen LogP contribution in [0, 0.1) is 11.8 Å². The molecule has 0 amide bonds. The van der Waals surface area contributed by atoms with Crippen LogP contribution in [0.5, 0.6) is 0 Å². The van der Waals surface area contributed by atoms with Crippen molar-refractivity contribution < 1.29 is 4.79 Å². The zero-order valence-electron chi connectivity index (χ0n) is 9.60. The van der Waals surface area contributed by atoms with Gasteiger partial charge in [0.25, 0.3) is 0 Å². The maximum absolute atomic E-state index is 11.3. The van der Waals surface area contributed by atoms with Gasteiger partial charge in [0.05, 0.1) is 0 Å². The molecule has 0 aromatic carbocycles. The first-order valence-corrected chi connectivity index (χ1v) is 5.62. The lowest BCUT2D eigenvalue weighted by Gasteiger charge is -2.17. The zero-order valence-corrected chi connectivity index (χ0v) is 9.60. The number of unbranched alkanes of at least 4 members (excludes halogenated alkanes) is 1. The Morgan fingerprint density at radius 2 is 1.92 bits per heavy atom. The molecule has 2 atom stereocenters. The van der Waals surface area contributed by atoms with Crippen LogP contribution in [0.2, 0.25) is 0 Å². The number of hydrogen-bond donors (Lipinski definition) is 0. The van der Waals surface area contributed by atoms with Gasteiger partial charge in [-0.15, -0.1) is 0 Å². The van der Waals surface area contributed by atoms with Crippen LogP contribution >= 0.6 is 0 Å². The molecule has 0 aliphatic rings. The minimum Gasteiger partial charge on any atom is -0.300 e. The predicted octanol–water partition coefficient (Wildman–Crippen LogP) is 3.82. The van der Waals surface area contributed by atoms with Gasteiger partial charge in [0, 0.05) is 5.92 Å². The summed E-state index contributed by atoms with van der Waals surface area (Å²) in [5.41, 5.74) is 0. The fourth-order valence-corrected chi connectivity index (χ4v) is 1.59. The summed E-state index contributed by atoms with van der Waals surface area (Å²) in [6.45, 7) is 8.35. The van der Waals surface area contributed by atoms with E-state index in [9.17, 15) is 4.79 Å². The number of rotatable bonds is 7. The molecule has 0 saturated heterocycles. The molecule has 0 rings (SSSR count). The third-order valence-electron chi connectivity index (χ3n) is 2.86. The third kappa shape index (κ3) is 5.84. The molecule has 0 radical (unpaired) electrons.